The number of nitrogens with zero attached hydrogens (tertiary/aromatic N) is 3. The Kier molecular flexibility index (Phi) is 5.80. The van der Waals surface area contributed by atoms with Gasteiger partial charge in [-0.15, -0.1) is 0 Å². The second-order valence-electron chi connectivity index (χ2n) is 6.71. The van der Waals surface area contributed by atoms with Gasteiger partial charge in [-0.2, -0.15) is 0 Å². The summed E-state index contributed by atoms with van der Waals surface area (Å²) in [5.41, 5.74) is 0.790. The van der Waals surface area contributed by atoms with E-state index < -0.39 is 0 Å². The number of likely N-dealkylation sites (tertiary alicyclic amines) is 1. The van der Waals surface area contributed by atoms with E-state index in [0.717, 1.165) is 45.0 Å². The minimum atomic E-state index is -0.0756. The van der Waals surface area contributed by atoms with E-state index in [9.17, 15) is 4.79 Å². The minimum Gasteiger partial charge on any atom is -0.380 e. The second-order valence-corrected chi connectivity index (χ2v) is 6.71. The van der Waals surface area contributed by atoms with E-state index in [1.54, 1.807) is 6.07 Å². The molecule has 2 fully saturated rings. The molecule has 2 aliphatic heterocycles. The molecule has 0 spiro atoms. The average Bonchev–Trinajstić information content (AvgIpc) is 2.80. The predicted molar refractivity (Wildman–Crippen MR) is 89.6 cm³/mol. The molecule has 0 amide bonds. The molecule has 2 aliphatic rings. The molecule has 128 valence electrons. The molecule has 0 radical (unpaired) electrons. The van der Waals surface area contributed by atoms with Gasteiger partial charge in [0, 0.05) is 36.8 Å². The van der Waals surface area contributed by atoms with Crippen LogP contribution in [0.1, 0.15) is 25.5 Å². The van der Waals surface area contributed by atoms with Crippen molar-refractivity contribution in [1.29, 1.82) is 0 Å². The van der Waals surface area contributed by atoms with Gasteiger partial charge in [-0.25, -0.2) is 4.98 Å². The van der Waals surface area contributed by atoms with Crippen LogP contribution < -0.4 is 5.56 Å². The summed E-state index contributed by atoms with van der Waals surface area (Å²) in [7, 11) is 0. The van der Waals surface area contributed by atoms with Crippen LogP contribution in [0.15, 0.2) is 17.2 Å². The van der Waals surface area contributed by atoms with Crippen LogP contribution in [0, 0.1) is 5.92 Å². The molecule has 1 N–H and O–H groups in total. The minimum absolute atomic E-state index is 0.0756. The number of H-pyrrole nitrogens is 1. The van der Waals surface area contributed by atoms with Gasteiger partial charge in [0.2, 0.25) is 0 Å². The Labute approximate surface area is 137 Å². The highest BCUT2D eigenvalue weighted by Crippen LogP contribution is 2.20. The van der Waals surface area contributed by atoms with Crippen molar-refractivity contribution in [2.75, 3.05) is 45.9 Å². The summed E-state index contributed by atoms with van der Waals surface area (Å²) in [4.78, 5) is 23.4. The van der Waals surface area contributed by atoms with Crippen LogP contribution >= 0.6 is 0 Å². The van der Waals surface area contributed by atoms with E-state index in [2.05, 4.69) is 26.7 Å². The van der Waals surface area contributed by atoms with Gasteiger partial charge in [-0.05, 0) is 38.9 Å². The fourth-order valence-electron chi connectivity index (χ4n) is 3.78. The quantitative estimate of drug-likeness (QED) is 0.887. The number of rotatable bonds is 4. The highest BCUT2D eigenvalue weighted by Gasteiger charge is 2.28. The van der Waals surface area contributed by atoms with E-state index in [4.69, 9.17) is 4.74 Å². The zero-order chi connectivity index (χ0) is 16.1. The number of ether oxygens (including phenoxy) is 1. The molecule has 1 aromatic rings. The summed E-state index contributed by atoms with van der Waals surface area (Å²) in [5, 5.41) is 0. The number of hydrogen-bond acceptors (Lipinski definition) is 5. The standard InChI is InChI=1S/C17H28N4O2/c1-2-20-5-3-16(4-6-20)21-7-8-23-12-14(11-21)9-15-10-17(22)19-13-18-15/h10,13-14,16H,2-9,11-12H2,1H3,(H,18,19,22)/t14-/m0/s1. The maximum Gasteiger partial charge on any atom is 0.250 e. The third-order valence-corrected chi connectivity index (χ3v) is 5.12. The maximum atomic E-state index is 11.4. The molecule has 0 unspecified atom stereocenters. The molecular formula is C17H28N4O2. The van der Waals surface area contributed by atoms with Gasteiger partial charge < -0.3 is 14.6 Å². The summed E-state index contributed by atoms with van der Waals surface area (Å²) < 4.78 is 5.81. The van der Waals surface area contributed by atoms with Crippen molar-refractivity contribution in [2.45, 2.75) is 32.2 Å². The first kappa shape index (κ1) is 16.6. The Morgan fingerprint density at radius 3 is 2.91 bits per heavy atom. The van der Waals surface area contributed by atoms with Crippen LogP contribution in [-0.4, -0.2) is 71.7 Å². The third kappa shape index (κ3) is 4.62. The van der Waals surface area contributed by atoms with Crippen molar-refractivity contribution < 1.29 is 4.74 Å². The Hall–Kier alpha value is -1.24. The molecule has 2 saturated heterocycles. The topological polar surface area (TPSA) is 61.5 Å². The Bertz CT molecular complexity index is 539. The number of piperidine rings is 1. The van der Waals surface area contributed by atoms with E-state index in [1.165, 1.54) is 32.3 Å². The number of aromatic nitrogens is 2. The van der Waals surface area contributed by atoms with Crippen molar-refractivity contribution >= 4 is 0 Å². The van der Waals surface area contributed by atoms with Crippen LogP contribution in [0.4, 0.5) is 0 Å². The van der Waals surface area contributed by atoms with Gasteiger partial charge in [0.05, 0.1) is 19.5 Å². The first-order chi connectivity index (χ1) is 11.2. The molecule has 0 aromatic carbocycles. The molecule has 23 heavy (non-hydrogen) atoms. The van der Waals surface area contributed by atoms with Gasteiger partial charge in [0.15, 0.2) is 0 Å². The predicted octanol–water partition coefficient (Wildman–Crippen LogP) is 0.745. The van der Waals surface area contributed by atoms with E-state index in [-0.39, 0.29) is 5.56 Å². The Balaban J connectivity index is 1.59. The third-order valence-electron chi connectivity index (χ3n) is 5.12. The normalized spacial score (nSPS) is 25.3. The van der Waals surface area contributed by atoms with Crippen molar-refractivity contribution in [3.05, 3.63) is 28.4 Å². The van der Waals surface area contributed by atoms with E-state index in [1.807, 2.05) is 0 Å². The lowest BCUT2D eigenvalue weighted by Gasteiger charge is -2.38. The average molecular weight is 320 g/mol. The number of nitrogens with one attached hydrogen (secondary N) is 1. The van der Waals surface area contributed by atoms with Crippen LogP contribution in [0.3, 0.4) is 0 Å². The second kappa shape index (κ2) is 8.04. The summed E-state index contributed by atoms with van der Waals surface area (Å²) in [6, 6.07) is 2.28. The largest absolute Gasteiger partial charge is 0.380 e. The van der Waals surface area contributed by atoms with Crippen molar-refractivity contribution in [3.8, 4) is 0 Å². The smallest absolute Gasteiger partial charge is 0.250 e. The number of hydrogen-bond donors (Lipinski definition) is 1. The first-order valence-electron chi connectivity index (χ1n) is 8.82. The van der Waals surface area contributed by atoms with E-state index >= 15 is 0 Å². The van der Waals surface area contributed by atoms with Gasteiger partial charge in [-0.1, -0.05) is 6.92 Å². The molecular weight excluding hydrogens is 292 g/mol. The first-order valence-corrected chi connectivity index (χ1v) is 8.82. The summed E-state index contributed by atoms with van der Waals surface area (Å²) in [6.07, 6.45) is 4.81. The Morgan fingerprint density at radius 1 is 1.35 bits per heavy atom. The van der Waals surface area contributed by atoms with Crippen molar-refractivity contribution in [3.63, 3.8) is 0 Å². The fourth-order valence-corrected chi connectivity index (χ4v) is 3.78. The fraction of sp³-hybridized carbons (Fsp3) is 0.765. The molecule has 1 aromatic heterocycles. The van der Waals surface area contributed by atoms with Gasteiger partial charge in [-0.3, -0.25) is 9.69 Å². The SMILES string of the molecule is CCN1CCC(N2CCOC[C@@H](Cc3cc(=O)[nH]cn3)C2)CC1. The molecule has 6 heteroatoms. The lowest BCUT2D eigenvalue weighted by atomic mass is 9.99. The molecule has 0 aliphatic carbocycles. The van der Waals surface area contributed by atoms with Gasteiger partial charge in [0.25, 0.3) is 5.56 Å². The molecule has 1 atom stereocenters. The highest BCUT2D eigenvalue weighted by atomic mass is 16.5. The summed E-state index contributed by atoms with van der Waals surface area (Å²) >= 11 is 0. The molecule has 3 rings (SSSR count). The van der Waals surface area contributed by atoms with Gasteiger partial charge >= 0.3 is 0 Å². The lowest BCUT2D eigenvalue weighted by molar-refractivity contribution is 0.0987. The van der Waals surface area contributed by atoms with Crippen molar-refractivity contribution in [1.82, 2.24) is 19.8 Å². The zero-order valence-corrected chi connectivity index (χ0v) is 14.0. The molecule has 0 bridgehead atoms. The molecule has 3 heterocycles. The maximum absolute atomic E-state index is 11.4. The number of aromatic amines is 1. The van der Waals surface area contributed by atoms with E-state index in [0.29, 0.717) is 12.0 Å². The van der Waals surface area contributed by atoms with Crippen LogP contribution in [-0.2, 0) is 11.2 Å². The van der Waals surface area contributed by atoms with Crippen LogP contribution in [0.25, 0.3) is 0 Å². The van der Waals surface area contributed by atoms with Crippen LogP contribution in [0.5, 0.6) is 0 Å². The van der Waals surface area contributed by atoms with Crippen molar-refractivity contribution in [2.24, 2.45) is 5.92 Å². The van der Waals surface area contributed by atoms with Crippen LogP contribution in [0.2, 0.25) is 0 Å². The van der Waals surface area contributed by atoms with Gasteiger partial charge in [0.1, 0.15) is 0 Å². The monoisotopic (exact) mass is 320 g/mol. The lowest BCUT2D eigenvalue weighted by Crippen LogP contribution is -2.46. The zero-order valence-electron chi connectivity index (χ0n) is 14.0. The molecule has 0 saturated carbocycles. The highest BCUT2D eigenvalue weighted by molar-refractivity contribution is 5.00. The Morgan fingerprint density at radius 2 is 2.17 bits per heavy atom. The summed E-state index contributed by atoms with van der Waals surface area (Å²) in [6.45, 7) is 9.46. The molecule has 6 nitrogen and oxygen atoms in total. The summed E-state index contributed by atoms with van der Waals surface area (Å²) in [5.74, 6) is 0.413.